The highest BCUT2D eigenvalue weighted by atomic mass is 35.5. The Labute approximate surface area is 135 Å². The van der Waals surface area contributed by atoms with Crippen LogP contribution in [0, 0.1) is 4.91 Å². The van der Waals surface area contributed by atoms with Gasteiger partial charge in [0, 0.05) is 12.4 Å². The molecule has 0 bridgehead atoms. The number of hydrogen-bond donors (Lipinski definition) is 1. The van der Waals surface area contributed by atoms with Crippen molar-refractivity contribution in [1.82, 2.24) is 5.32 Å². The largest absolute Gasteiger partial charge is 0.494 e. The first-order valence-corrected chi connectivity index (χ1v) is 7.96. The minimum atomic E-state index is -0.608. The predicted octanol–water partition coefficient (Wildman–Crippen LogP) is 4.08. The summed E-state index contributed by atoms with van der Waals surface area (Å²) in [7, 11) is 0. The molecular formula is C15H22ClN3O3. The molecule has 0 aromatic heterocycles. The molecule has 122 valence electrons. The molecule has 0 atom stereocenters. The lowest BCUT2D eigenvalue weighted by Gasteiger charge is -2.14. The lowest BCUT2D eigenvalue weighted by Crippen LogP contribution is -2.37. The third-order valence-electron chi connectivity index (χ3n) is 2.99. The number of unbranched alkanes of at least 4 members (excludes halogenated alkanes) is 3. The van der Waals surface area contributed by atoms with Crippen LogP contribution in [0.25, 0.3) is 0 Å². The quantitative estimate of drug-likeness (QED) is 0.304. The minimum Gasteiger partial charge on any atom is -0.494 e. The number of halogens is 1. The zero-order valence-corrected chi connectivity index (χ0v) is 13.5. The van der Waals surface area contributed by atoms with Gasteiger partial charge in [-0.3, -0.25) is 0 Å². The van der Waals surface area contributed by atoms with Gasteiger partial charge in [0.2, 0.25) is 0 Å². The number of alkyl halides is 1. The first-order chi connectivity index (χ1) is 10.7. The van der Waals surface area contributed by atoms with Crippen molar-refractivity contribution in [2.45, 2.75) is 32.6 Å². The lowest BCUT2D eigenvalue weighted by atomic mass is 10.2. The van der Waals surface area contributed by atoms with E-state index in [1.807, 2.05) is 0 Å². The molecule has 7 heteroatoms. The molecule has 0 unspecified atom stereocenters. The van der Waals surface area contributed by atoms with E-state index < -0.39 is 6.03 Å². The maximum absolute atomic E-state index is 11.7. The van der Waals surface area contributed by atoms with Crippen molar-refractivity contribution in [2.75, 3.05) is 24.0 Å². The number of nitrogens with zero attached hydrogens (tertiary/aromatic N) is 2. The Bertz CT molecular complexity index is 454. The molecule has 1 aromatic rings. The second kappa shape index (κ2) is 10.8. The Balaban J connectivity index is 2.51. The fourth-order valence-corrected chi connectivity index (χ4v) is 1.93. The Kier molecular flexibility index (Phi) is 8.98. The zero-order valence-electron chi connectivity index (χ0n) is 12.8. The second-order valence-electron chi connectivity index (χ2n) is 4.72. The molecule has 0 radical (unpaired) electrons. The number of carbonyl (C=O) groups excluding carboxylic acids is 1. The average molecular weight is 328 g/mol. The molecule has 6 nitrogen and oxygen atoms in total. The third kappa shape index (κ3) is 6.30. The highest BCUT2D eigenvalue weighted by Crippen LogP contribution is 2.20. The fourth-order valence-electron chi connectivity index (χ4n) is 1.83. The number of amides is 2. The molecule has 0 spiro atoms. The maximum Gasteiger partial charge on any atom is 0.345 e. The van der Waals surface area contributed by atoms with Crippen LogP contribution >= 0.6 is 11.6 Å². The normalized spacial score (nSPS) is 10.1. The number of benzene rings is 1. The van der Waals surface area contributed by atoms with Crippen molar-refractivity contribution in [2.24, 2.45) is 5.29 Å². The van der Waals surface area contributed by atoms with Gasteiger partial charge in [-0.1, -0.05) is 26.2 Å². The third-order valence-corrected chi connectivity index (χ3v) is 3.18. The van der Waals surface area contributed by atoms with Gasteiger partial charge in [-0.15, -0.1) is 21.5 Å². The average Bonchev–Trinajstić information content (AvgIpc) is 2.54. The van der Waals surface area contributed by atoms with Crippen molar-refractivity contribution in [3.63, 3.8) is 0 Å². The van der Waals surface area contributed by atoms with Gasteiger partial charge in [0.15, 0.2) is 0 Å². The van der Waals surface area contributed by atoms with Crippen LogP contribution in [-0.2, 0) is 0 Å². The number of urea groups is 1. The van der Waals surface area contributed by atoms with Crippen LogP contribution in [0.4, 0.5) is 10.5 Å². The number of hydrogen-bond acceptors (Lipinski definition) is 4. The number of nitroso groups, excluding NO2 is 1. The molecule has 1 aromatic carbocycles. The van der Waals surface area contributed by atoms with E-state index in [2.05, 4.69) is 17.5 Å². The minimum absolute atomic E-state index is 0.267. The van der Waals surface area contributed by atoms with Gasteiger partial charge in [-0.2, -0.15) is 0 Å². The van der Waals surface area contributed by atoms with Crippen LogP contribution in [0.2, 0.25) is 0 Å². The van der Waals surface area contributed by atoms with Gasteiger partial charge in [0.1, 0.15) is 5.75 Å². The van der Waals surface area contributed by atoms with Crippen LogP contribution in [0.5, 0.6) is 5.75 Å². The molecule has 0 aliphatic heterocycles. The molecule has 0 aliphatic carbocycles. The number of anilines is 1. The van der Waals surface area contributed by atoms with Gasteiger partial charge in [-0.25, -0.2) is 4.79 Å². The van der Waals surface area contributed by atoms with Crippen molar-refractivity contribution < 1.29 is 9.53 Å². The van der Waals surface area contributed by atoms with Crippen LogP contribution in [-0.4, -0.2) is 25.1 Å². The molecule has 2 amide bonds. The van der Waals surface area contributed by atoms with Gasteiger partial charge < -0.3 is 10.1 Å². The van der Waals surface area contributed by atoms with Crippen LogP contribution in [0.15, 0.2) is 29.6 Å². The van der Waals surface area contributed by atoms with Gasteiger partial charge >= 0.3 is 6.03 Å². The van der Waals surface area contributed by atoms with E-state index in [1.165, 1.54) is 12.8 Å². The molecule has 0 saturated heterocycles. The summed E-state index contributed by atoms with van der Waals surface area (Å²) in [6.07, 6.45) is 4.56. The van der Waals surface area contributed by atoms with E-state index in [9.17, 15) is 9.70 Å². The molecule has 1 N–H and O–H groups in total. The highest BCUT2D eigenvalue weighted by molar-refractivity contribution is 6.18. The molecule has 1 rings (SSSR count). The van der Waals surface area contributed by atoms with Crippen LogP contribution in [0.3, 0.4) is 0 Å². The topological polar surface area (TPSA) is 71.0 Å². The Hall–Kier alpha value is -1.82. The van der Waals surface area contributed by atoms with E-state index in [0.29, 0.717) is 18.0 Å². The Morgan fingerprint density at radius 2 is 2.00 bits per heavy atom. The highest BCUT2D eigenvalue weighted by Gasteiger charge is 2.15. The summed E-state index contributed by atoms with van der Waals surface area (Å²) in [5.41, 5.74) is 0.375. The van der Waals surface area contributed by atoms with Gasteiger partial charge in [-0.05, 0) is 30.7 Å². The molecular weight excluding hydrogens is 306 g/mol. The summed E-state index contributed by atoms with van der Waals surface area (Å²) < 4.78 is 5.60. The Morgan fingerprint density at radius 3 is 2.59 bits per heavy atom. The molecule has 0 saturated carbocycles. The van der Waals surface area contributed by atoms with E-state index >= 15 is 0 Å². The number of rotatable bonds is 10. The van der Waals surface area contributed by atoms with Gasteiger partial charge in [0.05, 0.1) is 17.6 Å². The van der Waals surface area contributed by atoms with Crippen LogP contribution < -0.4 is 15.1 Å². The number of nitrogens with one attached hydrogen (secondary N) is 1. The molecule has 22 heavy (non-hydrogen) atoms. The standard InChI is InChI=1S/C15H22ClN3O3/c1-2-3-4-5-12-22-14-8-6-13(7-9-14)19(18-21)15(20)17-11-10-16/h6-9H,2-5,10-12H2,1H3,(H,17,20). The lowest BCUT2D eigenvalue weighted by molar-refractivity contribution is 0.247. The smallest absolute Gasteiger partial charge is 0.345 e. The van der Waals surface area contributed by atoms with Crippen molar-refractivity contribution in [3.8, 4) is 5.75 Å². The summed E-state index contributed by atoms with van der Waals surface area (Å²) in [6, 6.07) is 6.04. The van der Waals surface area contributed by atoms with Crippen molar-refractivity contribution in [3.05, 3.63) is 29.2 Å². The predicted molar refractivity (Wildman–Crippen MR) is 88.5 cm³/mol. The van der Waals surface area contributed by atoms with E-state index in [0.717, 1.165) is 17.9 Å². The summed E-state index contributed by atoms with van der Waals surface area (Å²) in [4.78, 5) is 22.5. The van der Waals surface area contributed by atoms with Crippen LogP contribution in [0.1, 0.15) is 32.6 Å². The van der Waals surface area contributed by atoms with Crippen molar-refractivity contribution >= 4 is 23.3 Å². The number of ether oxygens (including phenoxy) is 1. The summed E-state index contributed by atoms with van der Waals surface area (Å²) in [6.45, 7) is 3.09. The van der Waals surface area contributed by atoms with E-state index in [1.54, 1.807) is 24.3 Å². The zero-order chi connectivity index (χ0) is 16.2. The van der Waals surface area contributed by atoms with Gasteiger partial charge in [0.25, 0.3) is 0 Å². The molecule has 0 aliphatic rings. The first-order valence-electron chi connectivity index (χ1n) is 7.43. The first kappa shape index (κ1) is 18.2. The van der Waals surface area contributed by atoms with E-state index in [4.69, 9.17) is 16.3 Å². The molecule has 0 heterocycles. The summed E-state index contributed by atoms with van der Waals surface area (Å²) >= 11 is 5.48. The summed E-state index contributed by atoms with van der Waals surface area (Å²) in [5.74, 6) is 0.968. The van der Waals surface area contributed by atoms with E-state index in [-0.39, 0.29) is 12.4 Å². The fraction of sp³-hybridized carbons (Fsp3) is 0.533. The second-order valence-corrected chi connectivity index (χ2v) is 5.10. The maximum atomic E-state index is 11.7. The monoisotopic (exact) mass is 327 g/mol. The SMILES string of the molecule is CCCCCCOc1ccc(N(N=O)C(=O)NCCCl)cc1. The van der Waals surface area contributed by atoms with Crippen molar-refractivity contribution in [1.29, 1.82) is 0 Å². The number of carbonyl (C=O) groups is 1. The Morgan fingerprint density at radius 1 is 1.27 bits per heavy atom. The summed E-state index contributed by atoms with van der Waals surface area (Å²) in [5, 5.41) is 5.95. The molecule has 0 fully saturated rings.